The Labute approximate surface area is 152 Å². The molecule has 1 aliphatic rings. The van der Waals surface area contributed by atoms with Crippen LogP contribution in [0.1, 0.15) is 24.8 Å². The molecular formula is C20H23N5O. The molecule has 2 heterocycles. The number of hydrogen-bond donors (Lipinski definition) is 4. The number of nitrogens with one attached hydrogen (secondary N) is 2. The molecule has 1 aliphatic carbocycles. The van der Waals surface area contributed by atoms with E-state index in [-0.39, 0.29) is 12.1 Å². The predicted molar refractivity (Wildman–Crippen MR) is 105 cm³/mol. The first-order chi connectivity index (χ1) is 12.7. The lowest BCUT2D eigenvalue weighted by Crippen LogP contribution is -2.28. The van der Waals surface area contributed by atoms with E-state index >= 15 is 0 Å². The molecule has 1 saturated carbocycles. The molecule has 2 unspecified atom stereocenters. The van der Waals surface area contributed by atoms with Crippen LogP contribution >= 0.6 is 0 Å². The monoisotopic (exact) mass is 349 g/mol. The van der Waals surface area contributed by atoms with Gasteiger partial charge >= 0.3 is 0 Å². The second-order valence-electron chi connectivity index (χ2n) is 6.77. The van der Waals surface area contributed by atoms with Gasteiger partial charge in [0.15, 0.2) is 5.82 Å². The molecule has 3 aromatic rings. The van der Waals surface area contributed by atoms with Crippen LogP contribution < -0.4 is 16.4 Å². The standard InChI is InChI=1S/C20H23N5O/c21-15-7-9-19(24-17-4-1-5-18(17)26)25-20(15)23-12-13-6-8-16-14(11-13)3-2-10-22-16/h2-3,6-11,17-18,26H,1,4-5,12,21H2,(H2,23,24,25). The highest BCUT2D eigenvalue weighted by Crippen LogP contribution is 2.25. The van der Waals surface area contributed by atoms with Crippen molar-refractivity contribution >= 4 is 28.2 Å². The molecule has 1 aromatic carbocycles. The molecule has 0 amide bonds. The van der Waals surface area contributed by atoms with E-state index < -0.39 is 0 Å². The minimum Gasteiger partial charge on any atom is -0.396 e. The molecule has 134 valence electrons. The van der Waals surface area contributed by atoms with Crippen molar-refractivity contribution in [1.29, 1.82) is 0 Å². The first-order valence-electron chi connectivity index (χ1n) is 8.98. The molecule has 26 heavy (non-hydrogen) atoms. The smallest absolute Gasteiger partial charge is 0.151 e. The van der Waals surface area contributed by atoms with E-state index in [1.54, 1.807) is 6.20 Å². The van der Waals surface area contributed by atoms with Crippen LogP contribution in [0.4, 0.5) is 17.3 Å². The van der Waals surface area contributed by atoms with Crippen molar-refractivity contribution in [3.05, 3.63) is 54.2 Å². The van der Waals surface area contributed by atoms with Gasteiger partial charge in [0, 0.05) is 18.1 Å². The van der Waals surface area contributed by atoms with Crippen LogP contribution in [-0.2, 0) is 6.54 Å². The number of nitrogen functional groups attached to an aromatic ring is 1. The van der Waals surface area contributed by atoms with Crippen molar-refractivity contribution in [3.63, 3.8) is 0 Å². The summed E-state index contributed by atoms with van der Waals surface area (Å²) in [4.78, 5) is 8.92. The summed E-state index contributed by atoms with van der Waals surface area (Å²) in [6, 6.07) is 13.9. The van der Waals surface area contributed by atoms with Crippen molar-refractivity contribution in [2.45, 2.75) is 38.0 Å². The SMILES string of the molecule is Nc1ccc(NC2CCCC2O)nc1NCc1ccc2ncccc2c1. The van der Waals surface area contributed by atoms with Gasteiger partial charge in [0.1, 0.15) is 5.82 Å². The summed E-state index contributed by atoms with van der Waals surface area (Å²) < 4.78 is 0. The quantitative estimate of drug-likeness (QED) is 0.565. The van der Waals surface area contributed by atoms with Gasteiger partial charge in [-0.1, -0.05) is 12.1 Å². The zero-order valence-electron chi connectivity index (χ0n) is 14.5. The first kappa shape index (κ1) is 16.6. The maximum atomic E-state index is 9.98. The van der Waals surface area contributed by atoms with Crippen LogP contribution in [0.3, 0.4) is 0 Å². The van der Waals surface area contributed by atoms with Gasteiger partial charge in [0.05, 0.1) is 23.3 Å². The van der Waals surface area contributed by atoms with Crippen LogP contribution in [0.2, 0.25) is 0 Å². The Bertz CT molecular complexity index is 914. The van der Waals surface area contributed by atoms with Gasteiger partial charge in [-0.15, -0.1) is 0 Å². The van der Waals surface area contributed by atoms with Crippen LogP contribution in [-0.4, -0.2) is 27.2 Å². The number of rotatable bonds is 5. The van der Waals surface area contributed by atoms with Crippen molar-refractivity contribution in [3.8, 4) is 0 Å². The van der Waals surface area contributed by atoms with E-state index in [4.69, 9.17) is 5.73 Å². The largest absolute Gasteiger partial charge is 0.396 e. The lowest BCUT2D eigenvalue weighted by Gasteiger charge is -2.18. The minimum absolute atomic E-state index is 0.0620. The van der Waals surface area contributed by atoms with Gasteiger partial charge in [-0.05, 0) is 55.2 Å². The number of nitrogens with two attached hydrogens (primary N) is 1. The minimum atomic E-state index is -0.308. The molecular weight excluding hydrogens is 326 g/mol. The number of benzene rings is 1. The number of fused-ring (bicyclic) bond motifs is 1. The molecule has 0 aliphatic heterocycles. The molecule has 5 N–H and O–H groups in total. The number of aromatic nitrogens is 2. The third kappa shape index (κ3) is 3.55. The Morgan fingerprint density at radius 3 is 2.92 bits per heavy atom. The molecule has 2 atom stereocenters. The van der Waals surface area contributed by atoms with Crippen molar-refractivity contribution in [2.24, 2.45) is 0 Å². The first-order valence-corrected chi connectivity index (χ1v) is 8.98. The molecule has 1 fully saturated rings. The fourth-order valence-electron chi connectivity index (χ4n) is 3.41. The van der Waals surface area contributed by atoms with Gasteiger partial charge in [0.25, 0.3) is 0 Å². The molecule has 0 radical (unpaired) electrons. The van der Waals surface area contributed by atoms with Gasteiger partial charge in [-0.2, -0.15) is 0 Å². The van der Waals surface area contributed by atoms with Crippen LogP contribution in [0.15, 0.2) is 48.7 Å². The van der Waals surface area contributed by atoms with Crippen molar-refractivity contribution in [2.75, 3.05) is 16.4 Å². The van der Waals surface area contributed by atoms with E-state index in [0.717, 1.165) is 41.5 Å². The molecule has 0 saturated heterocycles. The third-order valence-corrected chi connectivity index (χ3v) is 4.87. The Balaban J connectivity index is 1.47. The molecule has 0 bridgehead atoms. The van der Waals surface area contributed by atoms with Crippen molar-refractivity contribution < 1.29 is 5.11 Å². The van der Waals surface area contributed by atoms with Gasteiger partial charge in [-0.25, -0.2) is 4.98 Å². The maximum absolute atomic E-state index is 9.98. The second kappa shape index (κ2) is 7.17. The van der Waals surface area contributed by atoms with Crippen LogP contribution in [0, 0.1) is 0 Å². The normalized spacial score (nSPS) is 19.6. The second-order valence-corrected chi connectivity index (χ2v) is 6.77. The summed E-state index contributed by atoms with van der Waals surface area (Å²) in [6.45, 7) is 0.623. The summed E-state index contributed by atoms with van der Waals surface area (Å²) in [6.07, 6.45) is 4.33. The number of hydrogen-bond acceptors (Lipinski definition) is 6. The van der Waals surface area contributed by atoms with Crippen molar-refractivity contribution in [1.82, 2.24) is 9.97 Å². The Kier molecular flexibility index (Phi) is 4.58. The van der Waals surface area contributed by atoms with E-state index in [2.05, 4.69) is 38.8 Å². The highest BCUT2D eigenvalue weighted by Gasteiger charge is 2.25. The average molecular weight is 349 g/mol. The molecule has 0 spiro atoms. The van der Waals surface area contributed by atoms with Crippen LogP contribution in [0.25, 0.3) is 10.9 Å². The number of nitrogens with zero attached hydrogens (tertiary/aromatic N) is 2. The van der Waals surface area contributed by atoms with E-state index in [1.807, 2.05) is 24.3 Å². The van der Waals surface area contributed by atoms with Gasteiger partial charge in [-0.3, -0.25) is 4.98 Å². The fourth-order valence-corrected chi connectivity index (χ4v) is 3.41. The summed E-state index contributed by atoms with van der Waals surface area (Å²) in [5.74, 6) is 1.38. The zero-order valence-corrected chi connectivity index (χ0v) is 14.5. The van der Waals surface area contributed by atoms with Gasteiger partial charge < -0.3 is 21.5 Å². The molecule has 4 rings (SSSR count). The number of aliphatic hydroxyl groups is 1. The lowest BCUT2D eigenvalue weighted by molar-refractivity contribution is 0.171. The molecule has 2 aromatic heterocycles. The third-order valence-electron chi connectivity index (χ3n) is 4.87. The highest BCUT2D eigenvalue weighted by atomic mass is 16.3. The number of anilines is 3. The average Bonchev–Trinajstić information content (AvgIpc) is 3.06. The summed E-state index contributed by atoms with van der Waals surface area (Å²) in [5, 5.41) is 17.7. The number of pyridine rings is 2. The number of aliphatic hydroxyl groups excluding tert-OH is 1. The Morgan fingerprint density at radius 1 is 1.15 bits per heavy atom. The lowest BCUT2D eigenvalue weighted by atomic mass is 10.1. The van der Waals surface area contributed by atoms with Crippen LogP contribution in [0.5, 0.6) is 0 Å². The highest BCUT2D eigenvalue weighted by molar-refractivity contribution is 5.79. The summed E-state index contributed by atoms with van der Waals surface area (Å²) in [7, 11) is 0. The topological polar surface area (TPSA) is 96.1 Å². The Hall–Kier alpha value is -2.86. The zero-order chi connectivity index (χ0) is 17.9. The fraction of sp³-hybridized carbons (Fsp3) is 0.300. The molecule has 6 heteroatoms. The Morgan fingerprint density at radius 2 is 2.08 bits per heavy atom. The summed E-state index contributed by atoms with van der Waals surface area (Å²) in [5.41, 5.74) is 8.79. The van der Waals surface area contributed by atoms with E-state index in [9.17, 15) is 5.11 Å². The van der Waals surface area contributed by atoms with E-state index in [0.29, 0.717) is 18.1 Å². The maximum Gasteiger partial charge on any atom is 0.151 e. The molecule has 6 nitrogen and oxygen atoms in total. The predicted octanol–water partition coefficient (Wildman–Crippen LogP) is 3.15. The summed E-state index contributed by atoms with van der Waals surface area (Å²) >= 11 is 0. The van der Waals surface area contributed by atoms with Gasteiger partial charge in [0.2, 0.25) is 0 Å². The van der Waals surface area contributed by atoms with E-state index in [1.165, 1.54) is 0 Å².